The van der Waals surface area contributed by atoms with Crippen molar-refractivity contribution in [2.45, 2.75) is 66.0 Å². The lowest BCUT2D eigenvalue weighted by Crippen LogP contribution is -2.21. The second kappa shape index (κ2) is 8.30. The van der Waals surface area contributed by atoms with Crippen molar-refractivity contribution >= 4 is 0 Å². The first kappa shape index (κ1) is 15.2. The largest absolute Gasteiger partial charge is 0.310 e. The Labute approximate surface area is 112 Å². The van der Waals surface area contributed by atoms with Gasteiger partial charge < -0.3 is 5.32 Å². The molecule has 18 heavy (non-hydrogen) atoms. The van der Waals surface area contributed by atoms with E-state index in [9.17, 15) is 0 Å². The van der Waals surface area contributed by atoms with E-state index in [0.717, 1.165) is 19.5 Å². The minimum Gasteiger partial charge on any atom is -0.310 e. The number of rotatable bonds is 9. The Hall–Kier alpha value is -0.830. The van der Waals surface area contributed by atoms with Gasteiger partial charge in [-0.05, 0) is 31.7 Å². The molecule has 2 unspecified atom stereocenters. The predicted molar refractivity (Wildman–Crippen MR) is 77.6 cm³/mol. The molecule has 0 bridgehead atoms. The molecule has 0 radical (unpaired) electrons. The molecule has 2 atom stereocenters. The Bertz CT molecular complexity index is 319. The molecule has 0 aromatic carbocycles. The number of hydrogen-bond donors (Lipinski definition) is 1. The fourth-order valence-electron chi connectivity index (χ4n) is 2.38. The molecule has 0 fully saturated rings. The molecule has 1 heterocycles. The van der Waals surface area contributed by atoms with Gasteiger partial charge in [-0.3, -0.25) is 4.68 Å². The van der Waals surface area contributed by atoms with Crippen LogP contribution in [0.1, 0.15) is 65.0 Å². The maximum absolute atomic E-state index is 4.49. The fraction of sp³-hybridized carbons (Fsp3) is 0.800. The smallest absolute Gasteiger partial charge is 0.0537 e. The van der Waals surface area contributed by atoms with E-state index in [2.05, 4.69) is 49.0 Å². The van der Waals surface area contributed by atoms with Gasteiger partial charge in [-0.15, -0.1) is 0 Å². The van der Waals surface area contributed by atoms with E-state index in [-0.39, 0.29) is 0 Å². The summed E-state index contributed by atoms with van der Waals surface area (Å²) in [5.41, 5.74) is 1.33. The van der Waals surface area contributed by atoms with Crippen molar-refractivity contribution in [2.75, 3.05) is 6.54 Å². The van der Waals surface area contributed by atoms with Crippen LogP contribution in [0.15, 0.2) is 12.4 Å². The molecule has 104 valence electrons. The lowest BCUT2D eigenvalue weighted by atomic mass is 10.1. The SMILES string of the molecule is CCCNC(CC)c1cnn(CC(C)CCC)c1. The zero-order chi connectivity index (χ0) is 13.4. The summed E-state index contributed by atoms with van der Waals surface area (Å²) in [6.45, 7) is 11.1. The minimum atomic E-state index is 0.459. The van der Waals surface area contributed by atoms with Crippen molar-refractivity contribution in [1.82, 2.24) is 15.1 Å². The van der Waals surface area contributed by atoms with E-state index < -0.39 is 0 Å². The number of nitrogens with one attached hydrogen (secondary N) is 1. The van der Waals surface area contributed by atoms with Gasteiger partial charge in [0.1, 0.15) is 0 Å². The Balaban J connectivity index is 2.54. The van der Waals surface area contributed by atoms with Gasteiger partial charge >= 0.3 is 0 Å². The molecular formula is C15H29N3. The summed E-state index contributed by atoms with van der Waals surface area (Å²) in [6, 6.07) is 0.459. The van der Waals surface area contributed by atoms with E-state index in [0.29, 0.717) is 12.0 Å². The van der Waals surface area contributed by atoms with Crippen LogP contribution in [0, 0.1) is 5.92 Å². The van der Waals surface area contributed by atoms with Crippen LogP contribution in [-0.4, -0.2) is 16.3 Å². The third kappa shape index (κ3) is 4.81. The molecule has 0 saturated carbocycles. The average Bonchev–Trinajstić information content (AvgIpc) is 2.79. The van der Waals surface area contributed by atoms with Crippen molar-refractivity contribution in [1.29, 1.82) is 0 Å². The summed E-state index contributed by atoms with van der Waals surface area (Å²) in [6.07, 6.45) is 9.07. The van der Waals surface area contributed by atoms with Crippen LogP contribution in [0.25, 0.3) is 0 Å². The van der Waals surface area contributed by atoms with Crippen LogP contribution in [0.4, 0.5) is 0 Å². The molecule has 1 aromatic heterocycles. The van der Waals surface area contributed by atoms with Crippen LogP contribution in [0.5, 0.6) is 0 Å². The van der Waals surface area contributed by atoms with Crippen LogP contribution >= 0.6 is 0 Å². The highest BCUT2D eigenvalue weighted by Crippen LogP contribution is 2.16. The van der Waals surface area contributed by atoms with Gasteiger partial charge in [-0.1, -0.05) is 34.1 Å². The predicted octanol–water partition coefficient (Wildman–Crippen LogP) is 3.77. The molecule has 0 aliphatic rings. The molecule has 0 amide bonds. The van der Waals surface area contributed by atoms with Gasteiger partial charge in [0.25, 0.3) is 0 Å². The van der Waals surface area contributed by atoms with E-state index in [1.54, 1.807) is 0 Å². The molecule has 1 N–H and O–H groups in total. The van der Waals surface area contributed by atoms with Gasteiger partial charge in [0.15, 0.2) is 0 Å². The average molecular weight is 251 g/mol. The minimum absolute atomic E-state index is 0.459. The molecule has 3 nitrogen and oxygen atoms in total. The number of aromatic nitrogens is 2. The first-order chi connectivity index (χ1) is 8.71. The highest BCUT2D eigenvalue weighted by atomic mass is 15.3. The summed E-state index contributed by atoms with van der Waals surface area (Å²) >= 11 is 0. The van der Waals surface area contributed by atoms with Crippen LogP contribution < -0.4 is 5.32 Å². The summed E-state index contributed by atoms with van der Waals surface area (Å²) in [4.78, 5) is 0. The van der Waals surface area contributed by atoms with Crippen molar-refractivity contribution in [3.05, 3.63) is 18.0 Å². The monoisotopic (exact) mass is 251 g/mol. The molecule has 0 aliphatic carbocycles. The molecule has 1 aromatic rings. The lowest BCUT2D eigenvalue weighted by molar-refractivity contribution is 0.419. The highest BCUT2D eigenvalue weighted by Gasteiger charge is 2.11. The number of hydrogen-bond acceptors (Lipinski definition) is 2. The normalized spacial score (nSPS) is 14.7. The van der Waals surface area contributed by atoms with E-state index >= 15 is 0 Å². The van der Waals surface area contributed by atoms with E-state index in [1.165, 1.54) is 24.8 Å². The third-order valence-corrected chi connectivity index (χ3v) is 3.38. The quantitative estimate of drug-likeness (QED) is 0.724. The zero-order valence-electron chi connectivity index (χ0n) is 12.4. The van der Waals surface area contributed by atoms with Crippen LogP contribution in [0.2, 0.25) is 0 Å². The Morgan fingerprint density at radius 2 is 2.06 bits per heavy atom. The summed E-state index contributed by atoms with van der Waals surface area (Å²) in [7, 11) is 0. The van der Waals surface area contributed by atoms with Crippen molar-refractivity contribution in [3.8, 4) is 0 Å². The summed E-state index contributed by atoms with van der Waals surface area (Å²) in [5.74, 6) is 0.714. The maximum atomic E-state index is 4.49. The zero-order valence-corrected chi connectivity index (χ0v) is 12.4. The standard InChI is InChI=1S/C15H29N3/c1-5-8-13(4)11-18-12-14(10-17-18)15(7-3)16-9-6-2/h10,12-13,15-16H,5-9,11H2,1-4H3. The van der Waals surface area contributed by atoms with Crippen molar-refractivity contribution < 1.29 is 0 Å². The highest BCUT2D eigenvalue weighted by molar-refractivity contribution is 5.10. The Morgan fingerprint density at radius 1 is 1.28 bits per heavy atom. The molecule has 0 aliphatic heterocycles. The van der Waals surface area contributed by atoms with Crippen LogP contribution in [-0.2, 0) is 6.54 Å². The Morgan fingerprint density at radius 3 is 2.67 bits per heavy atom. The topological polar surface area (TPSA) is 29.9 Å². The first-order valence-corrected chi connectivity index (χ1v) is 7.46. The van der Waals surface area contributed by atoms with Gasteiger partial charge in [-0.2, -0.15) is 5.10 Å². The number of nitrogens with zero attached hydrogens (tertiary/aromatic N) is 2. The van der Waals surface area contributed by atoms with Crippen molar-refractivity contribution in [2.24, 2.45) is 5.92 Å². The van der Waals surface area contributed by atoms with E-state index in [1.807, 2.05) is 6.20 Å². The van der Waals surface area contributed by atoms with E-state index in [4.69, 9.17) is 0 Å². The maximum Gasteiger partial charge on any atom is 0.0537 e. The second-order valence-corrected chi connectivity index (χ2v) is 5.30. The van der Waals surface area contributed by atoms with Crippen molar-refractivity contribution in [3.63, 3.8) is 0 Å². The summed E-state index contributed by atoms with van der Waals surface area (Å²) in [5, 5.41) is 8.07. The van der Waals surface area contributed by atoms with Gasteiger partial charge in [0.05, 0.1) is 6.20 Å². The molecule has 3 heteroatoms. The first-order valence-electron chi connectivity index (χ1n) is 7.46. The molecule has 0 saturated heterocycles. The molecule has 1 rings (SSSR count). The van der Waals surface area contributed by atoms with Gasteiger partial charge in [0, 0.05) is 24.3 Å². The second-order valence-electron chi connectivity index (χ2n) is 5.30. The van der Waals surface area contributed by atoms with Gasteiger partial charge in [-0.25, -0.2) is 0 Å². The Kier molecular flexibility index (Phi) is 7.02. The summed E-state index contributed by atoms with van der Waals surface area (Å²) < 4.78 is 2.10. The molecule has 0 spiro atoms. The molecular weight excluding hydrogens is 222 g/mol. The van der Waals surface area contributed by atoms with Crippen LogP contribution in [0.3, 0.4) is 0 Å². The fourth-order valence-corrected chi connectivity index (χ4v) is 2.38. The third-order valence-electron chi connectivity index (χ3n) is 3.38. The van der Waals surface area contributed by atoms with Gasteiger partial charge in [0.2, 0.25) is 0 Å². The lowest BCUT2D eigenvalue weighted by Gasteiger charge is -2.14.